The van der Waals surface area contributed by atoms with E-state index in [1.807, 2.05) is 4.90 Å². The summed E-state index contributed by atoms with van der Waals surface area (Å²) < 4.78 is 26.8. The Morgan fingerprint density at radius 2 is 1.58 bits per heavy atom. The van der Waals surface area contributed by atoms with E-state index in [9.17, 15) is 23.2 Å². The van der Waals surface area contributed by atoms with Crippen LogP contribution in [-0.2, 0) is 11.3 Å². The van der Waals surface area contributed by atoms with E-state index in [0.717, 1.165) is 18.4 Å². The van der Waals surface area contributed by atoms with Gasteiger partial charge in [-0.15, -0.1) is 0 Å². The highest BCUT2D eigenvalue weighted by molar-refractivity contribution is 6.02. The first-order valence-corrected chi connectivity index (χ1v) is 12.6. The van der Waals surface area contributed by atoms with Crippen molar-refractivity contribution in [1.29, 1.82) is 0 Å². The molecule has 0 bridgehead atoms. The van der Waals surface area contributed by atoms with E-state index in [0.29, 0.717) is 48.7 Å². The van der Waals surface area contributed by atoms with Crippen molar-refractivity contribution in [3.63, 3.8) is 0 Å². The Morgan fingerprint density at radius 1 is 0.842 bits per heavy atom. The third-order valence-corrected chi connectivity index (χ3v) is 6.80. The van der Waals surface area contributed by atoms with Crippen LogP contribution in [0.2, 0.25) is 0 Å². The number of carbonyl (C=O) groups excluding carboxylic acids is 3. The van der Waals surface area contributed by atoms with Gasteiger partial charge in [-0.2, -0.15) is 0 Å². The summed E-state index contributed by atoms with van der Waals surface area (Å²) in [6.07, 6.45) is 1.74. The van der Waals surface area contributed by atoms with Crippen molar-refractivity contribution >= 4 is 29.1 Å². The first-order chi connectivity index (χ1) is 18.4. The Morgan fingerprint density at radius 3 is 2.26 bits per heavy atom. The van der Waals surface area contributed by atoms with Gasteiger partial charge in [0.15, 0.2) is 0 Å². The maximum Gasteiger partial charge on any atom is 0.254 e. The van der Waals surface area contributed by atoms with Crippen molar-refractivity contribution in [2.45, 2.75) is 19.4 Å². The number of benzene rings is 3. The van der Waals surface area contributed by atoms with Gasteiger partial charge in [0, 0.05) is 55.6 Å². The fourth-order valence-corrected chi connectivity index (χ4v) is 4.50. The van der Waals surface area contributed by atoms with Crippen LogP contribution >= 0.6 is 0 Å². The zero-order chi connectivity index (χ0) is 26.6. The third-order valence-electron chi connectivity index (χ3n) is 6.80. The molecular formula is C29H28F2N4O3. The van der Waals surface area contributed by atoms with Crippen LogP contribution in [0.5, 0.6) is 0 Å². The SMILES string of the molecule is O=C(NCc1ccc(F)cc1)c1cc(NC(=O)C2CC2)ccc1N1CCN(C(=O)c2cccc(F)c2)CC1. The molecular weight excluding hydrogens is 490 g/mol. The second-order valence-electron chi connectivity index (χ2n) is 9.59. The van der Waals surface area contributed by atoms with Crippen LogP contribution in [0.25, 0.3) is 0 Å². The molecule has 0 unspecified atom stereocenters. The van der Waals surface area contributed by atoms with Crippen LogP contribution in [0.15, 0.2) is 66.7 Å². The summed E-state index contributed by atoms with van der Waals surface area (Å²) in [5.74, 6) is -1.41. The zero-order valence-corrected chi connectivity index (χ0v) is 20.8. The minimum absolute atomic E-state index is 0.0223. The Bertz CT molecular complexity index is 1350. The van der Waals surface area contributed by atoms with Crippen LogP contribution in [0.4, 0.5) is 20.2 Å². The number of amides is 3. The Hall–Kier alpha value is -4.27. The lowest BCUT2D eigenvalue weighted by molar-refractivity contribution is -0.117. The van der Waals surface area contributed by atoms with Gasteiger partial charge in [0.25, 0.3) is 11.8 Å². The standard InChI is InChI=1S/C29H28F2N4O3/c30-22-8-4-19(5-9-22)18-32-28(37)25-17-24(33-27(36)20-6-7-20)10-11-26(25)34-12-14-35(15-13-34)29(38)21-2-1-3-23(31)16-21/h1-5,8-11,16-17,20H,6-7,12-15,18H2,(H,32,37)(H,33,36). The highest BCUT2D eigenvalue weighted by Crippen LogP contribution is 2.31. The molecule has 7 nitrogen and oxygen atoms in total. The summed E-state index contributed by atoms with van der Waals surface area (Å²) >= 11 is 0. The summed E-state index contributed by atoms with van der Waals surface area (Å²) in [5, 5.41) is 5.77. The van der Waals surface area contributed by atoms with Crippen molar-refractivity contribution in [2.24, 2.45) is 5.92 Å². The molecule has 2 fully saturated rings. The summed E-state index contributed by atoms with van der Waals surface area (Å²) in [6.45, 7) is 1.99. The smallest absolute Gasteiger partial charge is 0.254 e. The van der Waals surface area contributed by atoms with E-state index in [2.05, 4.69) is 10.6 Å². The summed E-state index contributed by atoms with van der Waals surface area (Å²) in [7, 11) is 0. The second-order valence-corrected chi connectivity index (χ2v) is 9.59. The van der Waals surface area contributed by atoms with Gasteiger partial charge in [-0.05, 0) is 66.9 Å². The highest BCUT2D eigenvalue weighted by atomic mass is 19.1. The maximum absolute atomic E-state index is 13.6. The van der Waals surface area contributed by atoms with Gasteiger partial charge in [0.2, 0.25) is 5.91 Å². The molecule has 3 aromatic rings. The number of hydrogen-bond acceptors (Lipinski definition) is 4. The van der Waals surface area contributed by atoms with Crippen molar-refractivity contribution < 1.29 is 23.2 Å². The molecule has 1 heterocycles. The molecule has 1 aliphatic carbocycles. The predicted molar refractivity (Wildman–Crippen MR) is 140 cm³/mol. The van der Waals surface area contributed by atoms with Gasteiger partial charge in [-0.3, -0.25) is 14.4 Å². The summed E-state index contributed by atoms with van der Waals surface area (Å²) in [4.78, 5) is 42.1. The van der Waals surface area contributed by atoms with Gasteiger partial charge in [0.1, 0.15) is 11.6 Å². The Balaban J connectivity index is 1.31. The number of halogens is 2. The molecule has 196 valence electrons. The molecule has 2 N–H and O–H groups in total. The molecule has 9 heteroatoms. The van der Waals surface area contributed by atoms with Crippen LogP contribution < -0.4 is 15.5 Å². The number of nitrogens with one attached hydrogen (secondary N) is 2. The van der Waals surface area contributed by atoms with Crippen molar-refractivity contribution in [1.82, 2.24) is 10.2 Å². The van der Waals surface area contributed by atoms with Gasteiger partial charge >= 0.3 is 0 Å². The van der Waals surface area contributed by atoms with E-state index in [1.54, 1.807) is 41.3 Å². The molecule has 0 spiro atoms. The molecule has 0 aromatic heterocycles. The van der Waals surface area contributed by atoms with Crippen molar-refractivity contribution in [3.8, 4) is 0 Å². The number of hydrogen-bond donors (Lipinski definition) is 2. The zero-order valence-electron chi connectivity index (χ0n) is 20.8. The molecule has 5 rings (SSSR count). The predicted octanol–water partition coefficient (Wildman–Crippen LogP) is 4.21. The molecule has 3 amide bonds. The number of piperazine rings is 1. The quantitative estimate of drug-likeness (QED) is 0.491. The van der Waals surface area contributed by atoms with Crippen LogP contribution in [-0.4, -0.2) is 48.8 Å². The topological polar surface area (TPSA) is 81.8 Å². The number of carbonyl (C=O) groups is 3. The molecule has 3 aromatic carbocycles. The first-order valence-electron chi connectivity index (χ1n) is 12.6. The molecule has 0 atom stereocenters. The largest absolute Gasteiger partial charge is 0.367 e. The minimum atomic E-state index is -0.459. The number of rotatable bonds is 7. The van der Waals surface area contributed by atoms with Gasteiger partial charge < -0.3 is 20.4 Å². The van der Waals surface area contributed by atoms with Gasteiger partial charge in [0.05, 0.1) is 5.56 Å². The average Bonchev–Trinajstić information content (AvgIpc) is 3.78. The summed E-state index contributed by atoms with van der Waals surface area (Å²) in [6, 6.07) is 16.8. The molecule has 1 saturated heterocycles. The molecule has 1 aliphatic heterocycles. The van der Waals surface area contributed by atoms with E-state index < -0.39 is 5.82 Å². The van der Waals surface area contributed by atoms with Crippen LogP contribution in [0.3, 0.4) is 0 Å². The average molecular weight is 519 g/mol. The van der Waals surface area contributed by atoms with Crippen LogP contribution in [0, 0.1) is 17.6 Å². The van der Waals surface area contributed by atoms with E-state index in [-0.39, 0.29) is 36.0 Å². The first kappa shape index (κ1) is 25.4. The van der Waals surface area contributed by atoms with E-state index in [1.165, 1.54) is 30.3 Å². The summed E-state index contributed by atoms with van der Waals surface area (Å²) in [5.41, 5.74) is 2.67. The van der Waals surface area contributed by atoms with Crippen LogP contribution in [0.1, 0.15) is 39.1 Å². The Labute approximate surface area is 219 Å². The molecule has 1 saturated carbocycles. The number of anilines is 2. The molecule has 38 heavy (non-hydrogen) atoms. The minimum Gasteiger partial charge on any atom is -0.367 e. The lowest BCUT2D eigenvalue weighted by Crippen LogP contribution is -2.49. The number of nitrogens with zero attached hydrogens (tertiary/aromatic N) is 2. The Kier molecular flexibility index (Phi) is 7.35. The monoisotopic (exact) mass is 518 g/mol. The second kappa shape index (κ2) is 11.0. The maximum atomic E-state index is 13.6. The van der Waals surface area contributed by atoms with Crippen molar-refractivity contribution in [2.75, 3.05) is 36.4 Å². The van der Waals surface area contributed by atoms with Crippen molar-refractivity contribution in [3.05, 3.63) is 95.1 Å². The van der Waals surface area contributed by atoms with Gasteiger partial charge in [-0.1, -0.05) is 18.2 Å². The van der Waals surface area contributed by atoms with E-state index in [4.69, 9.17) is 0 Å². The lowest BCUT2D eigenvalue weighted by atomic mass is 10.1. The molecule has 2 aliphatic rings. The lowest BCUT2D eigenvalue weighted by Gasteiger charge is -2.37. The third kappa shape index (κ3) is 5.99. The normalized spacial score (nSPS) is 15.2. The molecule has 0 radical (unpaired) electrons. The fourth-order valence-electron chi connectivity index (χ4n) is 4.50. The highest BCUT2D eigenvalue weighted by Gasteiger charge is 2.30. The van der Waals surface area contributed by atoms with Gasteiger partial charge in [-0.25, -0.2) is 8.78 Å². The fraction of sp³-hybridized carbons (Fsp3) is 0.276. The van der Waals surface area contributed by atoms with E-state index >= 15 is 0 Å².